The van der Waals surface area contributed by atoms with E-state index >= 15 is 0 Å². The van der Waals surface area contributed by atoms with Crippen LogP contribution >= 0.6 is 0 Å². The van der Waals surface area contributed by atoms with Crippen LogP contribution < -0.4 is 0 Å². The van der Waals surface area contributed by atoms with Crippen LogP contribution in [0.15, 0.2) is 30.3 Å². The van der Waals surface area contributed by atoms with Gasteiger partial charge in [0.05, 0.1) is 0 Å². The zero-order valence-corrected chi connectivity index (χ0v) is 13.9. The first kappa shape index (κ1) is 16.5. The Labute approximate surface area is 139 Å². The molecule has 0 spiro atoms. The first-order chi connectivity index (χ1) is 11.2. The van der Waals surface area contributed by atoms with Gasteiger partial charge in [0.15, 0.2) is 5.60 Å². The van der Waals surface area contributed by atoms with Crippen molar-refractivity contribution in [3.05, 3.63) is 35.9 Å². The third-order valence-electron chi connectivity index (χ3n) is 5.55. The fraction of sp³-hybridized carbons (Fsp3) is 0.650. The Bertz CT molecular complexity index is 501. The third kappa shape index (κ3) is 3.60. The molecule has 2 aliphatic carbocycles. The molecule has 0 aliphatic heterocycles. The summed E-state index contributed by atoms with van der Waals surface area (Å²) in [5, 5.41) is 11.4. The second-order valence-corrected chi connectivity index (χ2v) is 7.13. The molecule has 2 saturated carbocycles. The topological polar surface area (TPSA) is 46.5 Å². The molecule has 0 radical (unpaired) electrons. The van der Waals surface area contributed by atoms with Gasteiger partial charge in [-0.3, -0.25) is 0 Å². The molecular weight excluding hydrogens is 288 g/mol. The molecular formula is C20H28O3. The highest BCUT2D eigenvalue weighted by atomic mass is 16.6. The molecule has 2 fully saturated rings. The molecule has 0 unspecified atom stereocenters. The quantitative estimate of drug-likeness (QED) is 0.841. The molecule has 0 aromatic heterocycles. The lowest BCUT2D eigenvalue weighted by molar-refractivity contribution is -0.182. The summed E-state index contributed by atoms with van der Waals surface area (Å²) in [6, 6.07) is 9.40. The molecule has 1 aromatic rings. The minimum Gasteiger partial charge on any atom is -0.460 e. The number of carbonyl (C=O) groups excluding carboxylic acids is 1. The maximum absolute atomic E-state index is 13.0. The third-order valence-corrected chi connectivity index (χ3v) is 5.55. The fourth-order valence-corrected chi connectivity index (χ4v) is 4.16. The van der Waals surface area contributed by atoms with Crippen LogP contribution in [0.5, 0.6) is 0 Å². The summed E-state index contributed by atoms with van der Waals surface area (Å²) in [5.74, 6) is -0.461. The summed E-state index contributed by atoms with van der Waals surface area (Å²) in [6.45, 7) is 0. The Morgan fingerprint density at radius 2 is 1.48 bits per heavy atom. The summed E-state index contributed by atoms with van der Waals surface area (Å²) in [4.78, 5) is 13.0. The lowest BCUT2D eigenvalue weighted by Gasteiger charge is -2.38. The Morgan fingerprint density at radius 1 is 0.913 bits per heavy atom. The van der Waals surface area contributed by atoms with Crippen molar-refractivity contribution >= 4 is 5.97 Å². The summed E-state index contributed by atoms with van der Waals surface area (Å²) >= 11 is 0. The average Bonchev–Trinajstić information content (AvgIpc) is 2.63. The lowest BCUT2D eigenvalue weighted by Crippen LogP contribution is -2.46. The van der Waals surface area contributed by atoms with Crippen molar-refractivity contribution < 1.29 is 14.6 Å². The Morgan fingerprint density at radius 3 is 2.09 bits per heavy atom. The number of ether oxygens (including phenoxy) is 1. The van der Waals surface area contributed by atoms with E-state index in [1.165, 1.54) is 12.8 Å². The first-order valence-corrected chi connectivity index (χ1v) is 9.20. The summed E-state index contributed by atoms with van der Waals surface area (Å²) in [6.07, 6.45) is 10.4. The van der Waals surface area contributed by atoms with Gasteiger partial charge in [-0.2, -0.15) is 0 Å². The van der Waals surface area contributed by atoms with E-state index in [1.807, 2.05) is 30.3 Å². The lowest BCUT2D eigenvalue weighted by atomic mass is 9.73. The average molecular weight is 316 g/mol. The number of benzene rings is 1. The van der Waals surface area contributed by atoms with Gasteiger partial charge in [0.25, 0.3) is 0 Å². The molecule has 1 aromatic carbocycles. The van der Waals surface area contributed by atoms with E-state index in [2.05, 4.69) is 0 Å². The highest BCUT2D eigenvalue weighted by Gasteiger charge is 2.47. The zero-order valence-electron chi connectivity index (χ0n) is 13.9. The van der Waals surface area contributed by atoms with Gasteiger partial charge < -0.3 is 9.84 Å². The van der Waals surface area contributed by atoms with Crippen molar-refractivity contribution in [1.29, 1.82) is 0 Å². The van der Waals surface area contributed by atoms with E-state index in [4.69, 9.17) is 4.74 Å². The number of hydrogen-bond acceptors (Lipinski definition) is 3. The van der Waals surface area contributed by atoms with Crippen LogP contribution in [0.2, 0.25) is 0 Å². The maximum Gasteiger partial charge on any atom is 0.343 e. The maximum atomic E-state index is 13.0. The molecule has 23 heavy (non-hydrogen) atoms. The minimum absolute atomic E-state index is 0.0184. The van der Waals surface area contributed by atoms with Gasteiger partial charge in [0.2, 0.25) is 0 Å². The van der Waals surface area contributed by atoms with E-state index in [0.29, 0.717) is 5.56 Å². The van der Waals surface area contributed by atoms with E-state index < -0.39 is 11.6 Å². The standard InChI is InChI=1S/C20H28O3/c21-19(23-18-14-8-3-9-15-18)20(22,16-10-4-1-5-11-16)17-12-6-2-7-13-17/h1,4-5,10-11,17-18,22H,2-3,6-9,12-15H2/t20-/m0/s1. The van der Waals surface area contributed by atoms with Gasteiger partial charge in [-0.05, 0) is 44.1 Å². The van der Waals surface area contributed by atoms with Gasteiger partial charge in [-0.15, -0.1) is 0 Å². The second-order valence-electron chi connectivity index (χ2n) is 7.13. The van der Waals surface area contributed by atoms with Crippen molar-refractivity contribution in [2.45, 2.75) is 75.9 Å². The van der Waals surface area contributed by atoms with Crippen molar-refractivity contribution in [1.82, 2.24) is 0 Å². The molecule has 0 amide bonds. The number of carbonyl (C=O) groups is 1. The van der Waals surface area contributed by atoms with Crippen molar-refractivity contribution in [2.24, 2.45) is 5.92 Å². The van der Waals surface area contributed by atoms with Crippen LogP contribution in [0, 0.1) is 5.92 Å². The SMILES string of the molecule is O=C(OC1CCCCC1)[C@](O)(c1ccccc1)C1CCCCC1. The molecule has 0 saturated heterocycles. The van der Waals surface area contributed by atoms with Crippen molar-refractivity contribution in [2.75, 3.05) is 0 Å². The monoisotopic (exact) mass is 316 g/mol. The van der Waals surface area contributed by atoms with Gasteiger partial charge in [0.1, 0.15) is 6.10 Å². The Kier molecular flexibility index (Phi) is 5.37. The smallest absolute Gasteiger partial charge is 0.343 e. The predicted molar refractivity (Wildman–Crippen MR) is 89.9 cm³/mol. The second kappa shape index (κ2) is 7.48. The summed E-state index contributed by atoms with van der Waals surface area (Å²) in [5.41, 5.74) is -0.799. The molecule has 2 aliphatic rings. The van der Waals surface area contributed by atoms with Crippen LogP contribution in [-0.2, 0) is 15.1 Å². The highest BCUT2D eigenvalue weighted by molar-refractivity contribution is 5.81. The summed E-state index contributed by atoms with van der Waals surface area (Å²) in [7, 11) is 0. The van der Waals surface area contributed by atoms with Crippen LogP contribution in [0.3, 0.4) is 0 Å². The van der Waals surface area contributed by atoms with E-state index in [-0.39, 0.29) is 12.0 Å². The van der Waals surface area contributed by atoms with Crippen molar-refractivity contribution in [3.8, 4) is 0 Å². The van der Waals surface area contributed by atoms with Gasteiger partial charge in [-0.25, -0.2) is 4.79 Å². The first-order valence-electron chi connectivity index (χ1n) is 9.20. The van der Waals surface area contributed by atoms with Gasteiger partial charge >= 0.3 is 5.97 Å². The normalized spacial score (nSPS) is 23.2. The van der Waals surface area contributed by atoms with Crippen LogP contribution in [0.25, 0.3) is 0 Å². The number of esters is 1. The molecule has 0 heterocycles. The number of rotatable bonds is 4. The largest absolute Gasteiger partial charge is 0.460 e. The van der Waals surface area contributed by atoms with Crippen LogP contribution in [0.1, 0.15) is 69.8 Å². The molecule has 1 atom stereocenters. The molecule has 0 bridgehead atoms. The summed E-state index contributed by atoms with van der Waals surface area (Å²) < 4.78 is 5.78. The van der Waals surface area contributed by atoms with Crippen molar-refractivity contribution in [3.63, 3.8) is 0 Å². The van der Waals surface area contributed by atoms with Gasteiger partial charge in [0, 0.05) is 5.92 Å². The van der Waals surface area contributed by atoms with E-state index in [1.54, 1.807) is 0 Å². The minimum atomic E-state index is -1.49. The van der Waals surface area contributed by atoms with Crippen LogP contribution in [0.4, 0.5) is 0 Å². The van der Waals surface area contributed by atoms with Crippen LogP contribution in [-0.4, -0.2) is 17.2 Å². The fourth-order valence-electron chi connectivity index (χ4n) is 4.16. The van der Waals surface area contributed by atoms with E-state index in [0.717, 1.165) is 51.4 Å². The Balaban J connectivity index is 1.83. The molecule has 1 N–H and O–H groups in total. The molecule has 126 valence electrons. The van der Waals surface area contributed by atoms with Gasteiger partial charge in [-0.1, -0.05) is 56.0 Å². The Hall–Kier alpha value is -1.35. The predicted octanol–water partition coefficient (Wildman–Crippen LogP) is 4.33. The molecule has 3 heteroatoms. The highest BCUT2D eigenvalue weighted by Crippen LogP contribution is 2.41. The zero-order chi connectivity index (χ0) is 16.1. The molecule has 3 rings (SSSR count). The number of hydrogen-bond donors (Lipinski definition) is 1. The molecule has 3 nitrogen and oxygen atoms in total. The number of aliphatic hydroxyl groups is 1. The van der Waals surface area contributed by atoms with E-state index in [9.17, 15) is 9.90 Å².